The molecule has 0 saturated heterocycles. The van der Waals surface area contributed by atoms with Gasteiger partial charge in [0.15, 0.2) is 0 Å². The number of alkyl halides is 3. The number of benzodiazepines with no additional fused rings is 1. The monoisotopic (exact) mass is 532 g/mol. The highest BCUT2D eigenvalue weighted by atomic mass is 19.4. The molecule has 1 fully saturated rings. The topological polar surface area (TPSA) is 99.7 Å². The number of rotatable bonds is 9. The summed E-state index contributed by atoms with van der Waals surface area (Å²) in [6.45, 7) is 0. The molecule has 0 radical (unpaired) electrons. The van der Waals surface area contributed by atoms with Crippen LogP contribution in [-0.2, 0) is 14.4 Å². The fourth-order valence-corrected chi connectivity index (χ4v) is 4.65. The summed E-state index contributed by atoms with van der Waals surface area (Å²) in [4.78, 5) is 43.6. The van der Waals surface area contributed by atoms with Crippen LogP contribution in [0, 0.1) is 23.6 Å². The molecule has 0 aromatic heterocycles. The molecule has 1 saturated carbocycles. The van der Waals surface area contributed by atoms with E-state index in [1.807, 2.05) is 0 Å². The molecule has 7 nitrogen and oxygen atoms in total. The Kier molecular flexibility index (Phi) is 8.13. The van der Waals surface area contributed by atoms with Crippen LogP contribution in [0.15, 0.2) is 53.5 Å². The van der Waals surface area contributed by atoms with Crippen molar-refractivity contribution >= 4 is 29.1 Å². The molecule has 3 N–H and O–H groups in total. The Morgan fingerprint density at radius 2 is 1.76 bits per heavy atom. The van der Waals surface area contributed by atoms with Crippen molar-refractivity contribution in [3.05, 3.63) is 65.5 Å². The minimum absolute atomic E-state index is 0.123. The van der Waals surface area contributed by atoms with Crippen LogP contribution in [0.3, 0.4) is 0 Å². The van der Waals surface area contributed by atoms with Crippen molar-refractivity contribution in [3.63, 3.8) is 0 Å². The molecule has 202 valence electrons. The molecule has 1 aliphatic carbocycles. The number of halogens is 4. The smallest absolute Gasteiger partial charge is 0.359 e. The summed E-state index contributed by atoms with van der Waals surface area (Å²) < 4.78 is 54.1. The first-order chi connectivity index (χ1) is 18.1. The standard InChI is InChI=1S/C27H28F4N4O3/c1-32-24(36)19(14-15-10-11-15)17(12-13-27(29,30)31)25(37)35-23-26(38)34-22-18(8-5-9-20(22)28)21(33-23)16-6-3-2-4-7-16/h2-9,15,17,19,23H,10-14H2,1H3,(H,32,36)(H,34,38)(H,35,37)/t17-,19+,23-/m1/s1. The third-order valence-electron chi connectivity index (χ3n) is 6.78. The normalized spacial score (nSPS) is 18.8. The fourth-order valence-electron chi connectivity index (χ4n) is 4.65. The van der Waals surface area contributed by atoms with Gasteiger partial charge in [0.25, 0.3) is 5.91 Å². The number of anilines is 1. The minimum atomic E-state index is -4.54. The van der Waals surface area contributed by atoms with Crippen molar-refractivity contribution in [1.29, 1.82) is 0 Å². The van der Waals surface area contributed by atoms with Crippen LogP contribution in [0.25, 0.3) is 0 Å². The van der Waals surface area contributed by atoms with Crippen molar-refractivity contribution in [3.8, 4) is 0 Å². The van der Waals surface area contributed by atoms with E-state index in [-0.39, 0.29) is 29.3 Å². The first-order valence-electron chi connectivity index (χ1n) is 12.4. The van der Waals surface area contributed by atoms with Crippen LogP contribution in [0.2, 0.25) is 0 Å². The molecule has 2 aliphatic rings. The number of carbonyl (C=O) groups is 3. The summed E-state index contributed by atoms with van der Waals surface area (Å²) >= 11 is 0. The maximum Gasteiger partial charge on any atom is 0.389 e. The molecule has 4 rings (SSSR count). The Morgan fingerprint density at radius 1 is 1.05 bits per heavy atom. The second kappa shape index (κ2) is 11.3. The lowest BCUT2D eigenvalue weighted by molar-refractivity contribution is -0.147. The first-order valence-corrected chi connectivity index (χ1v) is 12.4. The van der Waals surface area contributed by atoms with Gasteiger partial charge in [-0.05, 0) is 24.8 Å². The predicted octanol–water partition coefficient (Wildman–Crippen LogP) is 4.18. The van der Waals surface area contributed by atoms with Gasteiger partial charge in [0.1, 0.15) is 5.82 Å². The van der Waals surface area contributed by atoms with Gasteiger partial charge in [-0.2, -0.15) is 13.2 Å². The zero-order valence-electron chi connectivity index (χ0n) is 20.6. The molecule has 0 bridgehead atoms. The lowest BCUT2D eigenvalue weighted by Crippen LogP contribution is -2.48. The molecule has 3 atom stereocenters. The van der Waals surface area contributed by atoms with E-state index in [2.05, 4.69) is 20.9 Å². The van der Waals surface area contributed by atoms with Gasteiger partial charge in [-0.1, -0.05) is 55.3 Å². The maximum absolute atomic E-state index is 14.7. The van der Waals surface area contributed by atoms with E-state index in [0.29, 0.717) is 5.56 Å². The van der Waals surface area contributed by atoms with Crippen LogP contribution in [-0.4, -0.2) is 42.8 Å². The second-order valence-electron chi connectivity index (χ2n) is 9.57. The van der Waals surface area contributed by atoms with Gasteiger partial charge in [0, 0.05) is 36.4 Å². The molecule has 1 aliphatic heterocycles. The second-order valence-corrected chi connectivity index (χ2v) is 9.57. The fraction of sp³-hybridized carbons (Fsp3) is 0.407. The highest BCUT2D eigenvalue weighted by Crippen LogP contribution is 2.39. The summed E-state index contributed by atoms with van der Waals surface area (Å²) in [5.74, 6) is -5.19. The highest BCUT2D eigenvalue weighted by molar-refractivity contribution is 6.20. The molecular formula is C27H28F4N4O3. The number of benzene rings is 2. The number of fused-ring (bicyclic) bond motifs is 1. The van der Waals surface area contributed by atoms with Gasteiger partial charge >= 0.3 is 6.18 Å². The molecule has 0 spiro atoms. The lowest BCUT2D eigenvalue weighted by atomic mass is 9.83. The first kappa shape index (κ1) is 27.3. The van der Waals surface area contributed by atoms with E-state index >= 15 is 0 Å². The van der Waals surface area contributed by atoms with Crippen LogP contribution in [0.1, 0.15) is 43.2 Å². The van der Waals surface area contributed by atoms with E-state index in [9.17, 15) is 31.9 Å². The molecule has 0 unspecified atom stereocenters. The maximum atomic E-state index is 14.7. The summed E-state index contributed by atoms with van der Waals surface area (Å²) in [6.07, 6.45) is -6.07. The van der Waals surface area contributed by atoms with Crippen molar-refractivity contribution in [2.45, 2.75) is 44.4 Å². The van der Waals surface area contributed by atoms with Gasteiger partial charge in [-0.25, -0.2) is 9.38 Å². The minimum Gasteiger partial charge on any atom is -0.359 e. The molecule has 3 amide bonds. The van der Waals surface area contributed by atoms with Gasteiger partial charge in [0.2, 0.25) is 18.0 Å². The van der Waals surface area contributed by atoms with Crippen molar-refractivity contribution < 1.29 is 31.9 Å². The van der Waals surface area contributed by atoms with E-state index in [0.717, 1.165) is 12.8 Å². The predicted molar refractivity (Wildman–Crippen MR) is 133 cm³/mol. The molecule has 1 heterocycles. The highest BCUT2D eigenvalue weighted by Gasteiger charge is 2.41. The Hall–Kier alpha value is -3.76. The Labute approximate surface area is 217 Å². The number of nitrogens with zero attached hydrogens (tertiary/aromatic N) is 1. The average Bonchev–Trinajstić information content (AvgIpc) is 3.71. The van der Waals surface area contributed by atoms with Gasteiger partial charge in [-0.15, -0.1) is 0 Å². The third kappa shape index (κ3) is 6.56. The third-order valence-corrected chi connectivity index (χ3v) is 6.78. The summed E-state index contributed by atoms with van der Waals surface area (Å²) in [5, 5.41) is 7.34. The van der Waals surface area contributed by atoms with Crippen LogP contribution in [0.5, 0.6) is 0 Å². The van der Waals surface area contributed by atoms with Crippen LogP contribution < -0.4 is 16.0 Å². The number of amides is 3. The summed E-state index contributed by atoms with van der Waals surface area (Å²) in [6, 6.07) is 12.8. The molecule has 2 aromatic carbocycles. The van der Waals surface area contributed by atoms with E-state index in [4.69, 9.17) is 0 Å². The lowest BCUT2D eigenvalue weighted by Gasteiger charge is -2.27. The average molecular weight is 533 g/mol. The number of para-hydroxylation sites is 1. The zero-order valence-corrected chi connectivity index (χ0v) is 20.6. The molecule has 2 aromatic rings. The quantitative estimate of drug-likeness (QED) is 0.423. The number of hydrogen-bond acceptors (Lipinski definition) is 4. The van der Waals surface area contributed by atoms with Crippen molar-refractivity contribution in [2.24, 2.45) is 22.7 Å². The van der Waals surface area contributed by atoms with Gasteiger partial charge < -0.3 is 16.0 Å². The van der Waals surface area contributed by atoms with Gasteiger partial charge in [-0.3, -0.25) is 14.4 Å². The SMILES string of the molecule is CNC(=O)[C@@H](CC1CC1)[C@@H](CCC(F)(F)F)C(=O)N[C@H]1N=C(c2ccccc2)c2cccc(F)c2NC1=O. The van der Waals surface area contributed by atoms with E-state index in [1.165, 1.54) is 19.2 Å². The number of aliphatic imine (C=N–C) groups is 1. The molecular weight excluding hydrogens is 504 g/mol. The van der Waals surface area contributed by atoms with E-state index < -0.39 is 60.6 Å². The Bertz CT molecular complexity index is 1230. The van der Waals surface area contributed by atoms with Crippen molar-refractivity contribution in [1.82, 2.24) is 10.6 Å². The van der Waals surface area contributed by atoms with Crippen LogP contribution >= 0.6 is 0 Å². The Morgan fingerprint density at radius 3 is 2.39 bits per heavy atom. The number of nitrogens with one attached hydrogen (secondary N) is 3. The van der Waals surface area contributed by atoms with Crippen LogP contribution in [0.4, 0.5) is 23.2 Å². The summed E-state index contributed by atoms with van der Waals surface area (Å²) in [5.41, 5.74) is 0.923. The van der Waals surface area contributed by atoms with Crippen molar-refractivity contribution in [2.75, 3.05) is 12.4 Å². The molecule has 38 heavy (non-hydrogen) atoms. The largest absolute Gasteiger partial charge is 0.389 e. The zero-order chi connectivity index (χ0) is 27.4. The number of hydrogen-bond donors (Lipinski definition) is 3. The van der Waals surface area contributed by atoms with Gasteiger partial charge in [0.05, 0.1) is 11.4 Å². The van der Waals surface area contributed by atoms with E-state index in [1.54, 1.807) is 36.4 Å². The Balaban J connectivity index is 1.68. The summed E-state index contributed by atoms with van der Waals surface area (Å²) in [7, 11) is 1.36. The number of carbonyl (C=O) groups excluding carboxylic acids is 3. The molecule has 11 heteroatoms.